The zero-order valence-electron chi connectivity index (χ0n) is 9.48. The molecule has 1 aliphatic rings. The first-order valence-electron chi connectivity index (χ1n) is 5.65. The minimum atomic E-state index is 0.134. The molecule has 16 heavy (non-hydrogen) atoms. The first-order chi connectivity index (χ1) is 7.68. The summed E-state index contributed by atoms with van der Waals surface area (Å²) < 4.78 is 0. The van der Waals surface area contributed by atoms with E-state index < -0.39 is 0 Å². The second-order valence-electron chi connectivity index (χ2n) is 4.21. The molecule has 88 valence electrons. The van der Waals surface area contributed by atoms with Gasteiger partial charge in [-0.2, -0.15) is 0 Å². The van der Waals surface area contributed by atoms with Gasteiger partial charge >= 0.3 is 0 Å². The van der Waals surface area contributed by atoms with E-state index in [2.05, 4.69) is 17.1 Å². The van der Waals surface area contributed by atoms with Crippen molar-refractivity contribution in [2.24, 2.45) is 0 Å². The maximum absolute atomic E-state index is 9.78. The van der Waals surface area contributed by atoms with Crippen molar-refractivity contribution >= 4 is 0 Å². The molecule has 1 aliphatic heterocycles. The minimum Gasteiger partial charge on any atom is -0.508 e. The number of hydrogen-bond donors (Lipinski definition) is 3. The lowest BCUT2D eigenvalue weighted by Gasteiger charge is -2.33. The highest BCUT2D eigenvalue weighted by atomic mass is 16.3. The van der Waals surface area contributed by atoms with E-state index in [9.17, 15) is 10.2 Å². The largest absolute Gasteiger partial charge is 0.508 e. The maximum atomic E-state index is 9.78. The molecule has 3 N–H and O–H groups in total. The summed E-state index contributed by atoms with van der Waals surface area (Å²) in [6, 6.07) is 4.82. The van der Waals surface area contributed by atoms with Crippen molar-refractivity contribution in [3.05, 3.63) is 23.8 Å². The van der Waals surface area contributed by atoms with E-state index in [1.165, 1.54) is 6.07 Å². The summed E-state index contributed by atoms with van der Waals surface area (Å²) in [4.78, 5) is 2.30. The van der Waals surface area contributed by atoms with E-state index in [1.54, 1.807) is 12.1 Å². The number of rotatable bonds is 2. The lowest BCUT2D eigenvalue weighted by molar-refractivity contribution is 0.182. The van der Waals surface area contributed by atoms with Crippen LogP contribution in [-0.2, 0) is 0 Å². The van der Waals surface area contributed by atoms with Crippen molar-refractivity contribution < 1.29 is 10.2 Å². The van der Waals surface area contributed by atoms with Crippen LogP contribution in [0, 0.1) is 0 Å². The number of nitrogens with one attached hydrogen (secondary N) is 1. The summed E-state index contributed by atoms with van der Waals surface area (Å²) in [6.45, 7) is 5.94. The lowest BCUT2D eigenvalue weighted by atomic mass is 10.0. The van der Waals surface area contributed by atoms with Crippen molar-refractivity contribution in [3.63, 3.8) is 0 Å². The van der Waals surface area contributed by atoms with Crippen molar-refractivity contribution in [1.29, 1.82) is 0 Å². The molecule has 1 aromatic rings. The Labute approximate surface area is 95.5 Å². The molecule has 1 heterocycles. The van der Waals surface area contributed by atoms with Crippen molar-refractivity contribution in [2.45, 2.75) is 13.0 Å². The molecule has 4 heteroatoms. The molecular formula is C12H18N2O2. The van der Waals surface area contributed by atoms with E-state index in [4.69, 9.17) is 0 Å². The van der Waals surface area contributed by atoms with Crippen LogP contribution in [0.2, 0.25) is 0 Å². The summed E-state index contributed by atoms with van der Waals surface area (Å²) in [5.74, 6) is 0.457. The molecular weight excluding hydrogens is 204 g/mol. The van der Waals surface area contributed by atoms with E-state index >= 15 is 0 Å². The minimum absolute atomic E-state index is 0.134. The average Bonchev–Trinajstić information content (AvgIpc) is 2.32. The standard InChI is InChI=1S/C12H18N2O2/c1-9(14-6-4-13-5-7-14)11-8-10(15)2-3-12(11)16/h2-3,8-9,13,15-16H,4-7H2,1H3/t9-/m1/s1. The Kier molecular flexibility index (Phi) is 3.31. The molecule has 0 saturated carbocycles. The Balaban J connectivity index is 2.18. The fourth-order valence-corrected chi connectivity index (χ4v) is 2.14. The molecule has 0 amide bonds. The van der Waals surface area contributed by atoms with Gasteiger partial charge in [-0.25, -0.2) is 0 Å². The maximum Gasteiger partial charge on any atom is 0.120 e. The van der Waals surface area contributed by atoms with Crippen LogP contribution in [0.5, 0.6) is 11.5 Å². The van der Waals surface area contributed by atoms with Gasteiger partial charge in [-0.1, -0.05) is 0 Å². The lowest BCUT2D eigenvalue weighted by Crippen LogP contribution is -2.44. The van der Waals surface area contributed by atoms with Crippen LogP contribution in [-0.4, -0.2) is 41.3 Å². The Bertz CT molecular complexity index is 362. The normalized spacial score (nSPS) is 19.6. The smallest absolute Gasteiger partial charge is 0.120 e. The Hall–Kier alpha value is -1.26. The Morgan fingerprint density at radius 3 is 2.62 bits per heavy atom. The van der Waals surface area contributed by atoms with E-state index in [1.807, 2.05) is 0 Å². The second kappa shape index (κ2) is 4.72. The van der Waals surface area contributed by atoms with Gasteiger partial charge in [0.05, 0.1) is 0 Å². The second-order valence-corrected chi connectivity index (χ2v) is 4.21. The fraction of sp³-hybridized carbons (Fsp3) is 0.500. The first kappa shape index (κ1) is 11.2. The van der Waals surface area contributed by atoms with Crippen molar-refractivity contribution in [1.82, 2.24) is 10.2 Å². The SMILES string of the molecule is C[C@H](c1cc(O)ccc1O)N1CCNCC1. The Morgan fingerprint density at radius 1 is 1.25 bits per heavy atom. The first-order valence-corrected chi connectivity index (χ1v) is 5.65. The quantitative estimate of drug-likeness (QED) is 0.655. The number of benzene rings is 1. The van der Waals surface area contributed by atoms with Gasteiger partial charge in [0, 0.05) is 37.8 Å². The third kappa shape index (κ3) is 2.28. The van der Waals surface area contributed by atoms with Gasteiger partial charge in [-0.05, 0) is 25.1 Å². The van der Waals surface area contributed by atoms with Crippen molar-refractivity contribution in [2.75, 3.05) is 26.2 Å². The van der Waals surface area contributed by atoms with Crippen LogP contribution in [0.25, 0.3) is 0 Å². The highest BCUT2D eigenvalue weighted by Crippen LogP contribution is 2.31. The topological polar surface area (TPSA) is 55.7 Å². The zero-order valence-corrected chi connectivity index (χ0v) is 9.48. The zero-order chi connectivity index (χ0) is 11.5. The van der Waals surface area contributed by atoms with E-state index in [0.717, 1.165) is 31.7 Å². The monoisotopic (exact) mass is 222 g/mol. The van der Waals surface area contributed by atoms with Crippen LogP contribution >= 0.6 is 0 Å². The van der Waals surface area contributed by atoms with Crippen LogP contribution in [0.3, 0.4) is 0 Å². The van der Waals surface area contributed by atoms with Crippen LogP contribution in [0.1, 0.15) is 18.5 Å². The molecule has 4 nitrogen and oxygen atoms in total. The fourth-order valence-electron chi connectivity index (χ4n) is 2.14. The summed E-state index contributed by atoms with van der Waals surface area (Å²) >= 11 is 0. The molecule has 0 bridgehead atoms. The summed E-state index contributed by atoms with van der Waals surface area (Å²) in [7, 11) is 0. The molecule has 0 aliphatic carbocycles. The summed E-state index contributed by atoms with van der Waals surface area (Å²) in [6.07, 6.45) is 0. The molecule has 2 rings (SSSR count). The molecule has 0 unspecified atom stereocenters. The molecule has 0 radical (unpaired) electrons. The third-order valence-electron chi connectivity index (χ3n) is 3.16. The highest BCUT2D eigenvalue weighted by molar-refractivity contribution is 5.40. The number of aromatic hydroxyl groups is 2. The van der Waals surface area contributed by atoms with Gasteiger partial charge in [-0.15, -0.1) is 0 Å². The van der Waals surface area contributed by atoms with Gasteiger partial charge in [0.15, 0.2) is 0 Å². The average molecular weight is 222 g/mol. The number of hydrogen-bond acceptors (Lipinski definition) is 4. The van der Waals surface area contributed by atoms with Gasteiger partial charge in [0.2, 0.25) is 0 Å². The number of phenols is 2. The molecule has 1 aromatic carbocycles. The molecule has 0 spiro atoms. The van der Waals surface area contributed by atoms with E-state index in [0.29, 0.717) is 0 Å². The Morgan fingerprint density at radius 2 is 1.94 bits per heavy atom. The summed E-state index contributed by atoms with van der Waals surface area (Å²) in [5.41, 5.74) is 0.793. The van der Waals surface area contributed by atoms with Crippen molar-refractivity contribution in [3.8, 4) is 11.5 Å². The van der Waals surface area contributed by atoms with Crippen LogP contribution < -0.4 is 5.32 Å². The van der Waals surface area contributed by atoms with Gasteiger partial charge < -0.3 is 15.5 Å². The predicted octanol–water partition coefficient (Wildman–Crippen LogP) is 1.06. The third-order valence-corrected chi connectivity index (χ3v) is 3.16. The van der Waals surface area contributed by atoms with E-state index in [-0.39, 0.29) is 17.5 Å². The molecule has 0 aromatic heterocycles. The highest BCUT2D eigenvalue weighted by Gasteiger charge is 2.20. The molecule has 1 atom stereocenters. The predicted molar refractivity (Wildman–Crippen MR) is 62.6 cm³/mol. The number of nitrogens with zero attached hydrogens (tertiary/aromatic N) is 1. The van der Waals surface area contributed by atoms with Gasteiger partial charge in [0.25, 0.3) is 0 Å². The number of piperazine rings is 1. The summed E-state index contributed by atoms with van der Waals surface area (Å²) in [5, 5.41) is 22.5. The molecule has 1 saturated heterocycles. The van der Waals surface area contributed by atoms with Gasteiger partial charge in [-0.3, -0.25) is 4.90 Å². The van der Waals surface area contributed by atoms with Crippen LogP contribution in [0.15, 0.2) is 18.2 Å². The number of phenolic OH excluding ortho intramolecular Hbond substituents is 2. The van der Waals surface area contributed by atoms with Crippen LogP contribution in [0.4, 0.5) is 0 Å². The molecule has 1 fully saturated rings. The van der Waals surface area contributed by atoms with Gasteiger partial charge in [0.1, 0.15) is 11.5 Å².